The van der Waals surface area contributed by atoms with E-state index in [0.717, 1.165) is 16.3 Å². The summed E-state index contributed by atoms with van der Waals surface area (Å²) in [5.74, 6) is 0.561. The maximum Gasteiger partial charge on any atom is 0.336 e. The molecule has 1 N–H and O–H groups in total. The van der Waals surface area contributed by atoms with Gasteiger partial charge in [0.1, 0.15) is 10.6 Å². The summed E-state index contributed by atoms with van der Waals surface area (Å²) in [5.41, 5.74) is 0.469. The Morgan fingerprint density at radius 2 is 2.03 bits per heavy atom. The number of allylic oxidation sites excluding steroid dienone is 2. The van der Waals surface area contributed by atoms with E-state index in [1.54, 1.807) is 18.2 Å². The third-order valence-electron chi connectivity index (χ3n) is 4.91. The summed E-state index contributed by atoms with van der Waals surface area (Å²) in [7, 11) is 1.30. The van der Waals surface area contributed by atoms with Crippen LogP contribution >= 0.6 is 11.3 Å². The van der Waals surface area contributed by atoms with E-state index in [2.05, 4.69) is 6.58 Å². The molecule has 0 amide bonds. The monoisotopic (exact) mass is 441 g/mol. The van der Waals surface area contributed by atoms with Crippen LogP contribution in [0.4, 0.5) is 0 Å². The van der Waals surface area contributed by atoms with Crippen LogP contribution in [-0.4, -0.2) is 42.0 Å². The molecule has 0 bridgehead atoms. The van der Waals surface area contributed by atoms with Crippen LogP contribution in [0.2, 0.25) is 0 Å². The molecule has 2 atom stereocenters. The van der Waals surface area contributed by atoms with Gasteiger partial charge in [0.2, 0.25) is 0 Å². The van der Waals surface area contributed by atoms with Crippen LogP contribution in [0.1, 0.15) is 31.9 Å². The SMILES string of the molecule is C=CCC1(O)C=CC(c2csc(-c3ccc(OCC)c(OCC)c3)n2)C=C1C(=O)OC. The van der Waals surface area contributed by atoms with Crippen LogP contribution in [-0.2, 0) is 9.53 Å². The third kappa shape index (κ3) is 4.89. The van der Waals surface area contributed by atoms with Crippen molar-refractivity contribution in [2.45, 2.75) is 31.8 Å². The number of thiazole rings is 1. The molecule has 0 saturated heterocycles. The second kappa shape index (κ2) is 9.94. The van der Waals surface area contributed by atoms with Gasteiger partial charge in [-0.05, 0) is 32.0 Å². The molecule has 0 fully saturated rings. The molecule has 0 spiro atoms. The molecular weight excluding hydrogens is 414 g/mol. The molecule has 164 valence electrons. The Kier molecular flexibility index (Phi) is 7.30. The molecule has 1 aliphatic rings. The summed E-state index contributed by atoms with van der Waals surface area (Å²) in [6, 6.07) is 5.76. The number of nitrogens with zero attached hydrogens (tertiary/aromatic N) is 1. The molecule has 31 heavy (non-hydrogen) atoms. The second-order valence-electron chi connectivity index (χ2n) is 6.98. The highest BCUT2D eigenvalue weighted by Crippen LogP contribution is 2.38. The Balaban J connectivity index is 1.92. The first-order valence-corrected chi connectivity index (χ1v) is 11.0. The molecule has 6 nitrogen and oxygen atoms in total. The van der Waals surface area contributed by atoms with Crippen molar-refractivity contribution in [1.29, 1.82) is 0 Å². The van der Waals surface area contributed by atoms with Gasteiger partial charge >= 0.3 is 5.97 Å². The van der Waals surface area contributed by atoms with Gasteiger partial charge in [-0.3, -0.25) is 0 Å². The standard InChI is InChI=1S/C24H27NO5S/c1-5-11-24(27)12-10-16(13-18(24)23(26)28-4)19-15-31-22(25-19)17-8-9-20(29-6-2)21(14-17)30-7-3/h5,8-10,12-16,27H,1,6-7,11H2,2-4H3. The molecule has 0 saturated carbocycles. The van der Waals surface area contributed by atoms with Crippen LogP contribution in [0.3, 0.4) is 0 Å². The quantitative estimate of drug-likeness (QED) is 0.450. The summed E-state index contributed by atoms with van der Waals surface area (Å²) in [6.45, 7) is 8.62. The zero-order chi connectivity index (χ0) is 22.4. The molecule has 0 aliphatic heterocycles. The summed E-state index contributed by atoms with van der Waals surface area (Å²) >= 11 is 1.50. The minimum Gasteiger partial charge on any atom is -0.490 e. The second-order valence-corrected chi connectivity index (χ2v) is 7.84. The van der Waals surface area contributed by atoms with Crippen LogP contribution in [0.5, 0.6) is 11.5 Å². The number of benzene rings is 1. The van der Waals surface area contributed by atoms with Crippen molar-refractivity contribution < 1.29 is 24.1 Å². The first-order valence-electron chi connectivity index (χ1n) is 10.1. The fourth-order valence-electron chi connectivity index (χ4n) is 3.42. The summed E-state index contributed by atoms with van der Waals surface area (Å²) in [5, 5.41) is 13.6. The predicted octanol–water partition coefficient (Wildman–Crippen LogP) is 4.67. The van der Waals surface area contributed by atoms with Gasteiger partial charge in [-0.15, -0.1) is 17.9 Å². The number of hydrogen-bond acceptors (Lipinski definition) is 7. The number of aromatic nitrogens is 1. The maximum atomic E-state index is 12.3. The lowest BCUT2D eigenvalue weighted by Gasteiger charge is -2.29. The van der Waals surface area contributed by atoms with Crippen molar-refractivity contribution in [3.63, 3.8) is 0 Å². The normalized spacial score (nSPS) is 20.1. The summed E-state index contributed by atoms with van der Waals surface area (Å²) in [4.78, 5) is 17.0. The van der Waals surface area contributed by atoms with Gasteiger partial charge in [0.05, 0.1) is 31.6 Å². The third-order valence-corrected chi connectivity index (χ3v) is 5.82. The van der Waals surface area contributed by atoms with Crippen molar-refractivity contribution in [3.05, 3.63) is 65.7 Å². The fourth-order valence-corrected chi connectivity index (χ4v) is 4.29. The van der Waals surface area contributed by atoms with Crippen LogP contribution in [0, 0.1) is 0 Å². The first kappa shape index (κ1) is 22.8. The van der Waals surface area contributed by atoms with Gasteiger partial charge in [-0.25, -0.2) is 9.78 Å². The van der Waals surface area contributed by atoms with Gasteiger partial charge in [0, 0.05) is 23.3 Å². The highest BCUT2D eigenvalue weighted by Gasteiger charge is 2.36. The number of carbonyl (C=O) groups is 1. The van der Waals surface area contributed by atoms with Crippen molar-refractivity contribution in [1.82, 2.24) is 4.98 Å². The Bertz CT molecular complexity index is 1010. The zero-order valence-corrected chi connectivity index (χ0v) is 18.8. The number of hydrogen-bond donors (Lipinski definition) is 1. The molecule has 3 rings (SSSR count). The number of rotatable bonds is 9. The predicted molar refractivity (Wildman–Crippen MR) is 122 cm³/mol. The number of methoxy groups -OCH3 is 1. The van der Waals surface area contributed by atoms with Gasteiger partial charge in [0.25, 0.3) is 0 Å². The molecule has 2 aromatic rings. The average Bonchev–Trinajstić information content (AvgIpc) is 3.25. The summed E-state index contributed by atoms with van der Waals surface area (Å²) < 4.78 is 16.2. The van der Waals surface area contributed by atoms with Crippen molar-refractivity contribution >= 4 is 17.3 Å². The molecule has 1 aliphatic carbocycles. The number of carbonyl (C=O) groups excluding carboxylic acids is 1. The Labute approximate surface area is 186 Å². The van der Waals surface area contributed by atoms with E-state index in [4.69, 9.17) is 19.2 Å². The Morgan fingerprint density at radius 1 is 1.29 bits per heavy atom. The number of ether oxygens (including phenoxy) is 3. The minimum atomic E-state index is -1.42. The highest BCUT2D eigenvalue weighted by molar-refractivity contribution is 7.13. The van der Waals surface area contributed by atoms with E-state index in [1.165, 1.54) is 18.4 Å². The lowest BCUT2D eigenvalue weighted by molar-refractivity contribution is -0.138. The molecule has 1 aromatic heterocycles. The molecule has 1 heterocycles. The van der Waals surface area contributed by atoms with E-state index in [9.17, 15) is 9.90 Å². The van der Waals surface area contributed by atoms with E-state index in [1.807, 2.05) is 43.5 Å². The lowest BCUT2D eigenvalue weighted by Crippen LogP contribution is -2.35. The Hall–Kier alpha value is -2.90. The van der Waals surface area contributed by atoms with Crippen LogP contribution in [0.15, 0.2) is 60.0 Å². The zero-order valence-electron chi connectivity index (χ0n) is 18.0. The van der Waals surface area contributed by atoms with E-state index < -0.39 is 11.6 Å². The maximum absolute atomic E-state index is 12.3. The number of esters is 1. The van der Waals surface area contributed by atoms with Gasteiger partial charge in [0.15, 0.2) is 11.5 Å². The van der Waals surface area contributed by atoms with Gasteiger partial charge in [-0.1, -0.05) is 24.3 Å². The smallest absolute Gasteiger partial charge is 0.336 e. The molecule has 0 radical (unpaired) electrons. The first-order chi connectivity index (χ1) is 15.0. The fraction of sp³-hybridized carbons (Fsp3) is 0.333. The van der Waals surface area contributed by atoms with Gasteiger partial charge in [-0.2, -0.15) is 0 Å². The molecule has 2 unspecified atom stereocenters. The van der Waals surface area contributed by atoms with E-state index >= 15 is 0 Å². The highest BCUT2D eigenvalue weighted by atomic mass is 32.1. The van der Waals surface area contributed by atoms with Crippen LogP contribution < -0.4 is 9.47 Å². The van der Waals surface area contributed by atoms with Crippen molar-refractivity contribution in [2.75, 3.05) is 20.3 Å². The average molecular weight is 442 g/mol. The van der Waals surface area contributed by atoms with Gasteiger partial charge < -0.3 is 19.3 Å². The van der Waals surface area contributed by atoms with E-state index in [0.29, 0.717) is 24.7 Å². The van der Waals surface area contributed by atoms with Crippen LogP contribution in [0.25, 0.3) is 10.6 Å². The lowest BCUT2D eigenvalue weighted by atomic mass is 9.81. The molecule has 1 aromatic carbocycles. The molecule has 7 heteroatoms. The van der Waals surface area contributed by atoms with E-state index in [-0.39, 0.29) is 17.9 Å². The summed E-state index contributed by atoms with van der Waals surface area (Å²) in [6.07, 6.45) is 6.96. The minimum absolute atomic E-state index is 0.191. The number of aliphatic hydroxyl groups is 1. The topological polar surface area (TPSA) is 77.9 Å². The Morgan fingerprint density at radius 3 is 2.71 bits per heavy atom. The van der Waals surface area contributed by atoms with Crippen molar-refractivity contribution in [3.8, 4) is 22.1 Å². The largest absolute Gasteiger partial charge is 0.490 e. The van der Waals surface area contributed by atoms with Crippen molar-refractivity contribution in [2.24, 2.45) is 0 Å². The molecular formula is C24H27NO5S.